The number of aryl methyl sites for hydroxylation is 2. The molecule has 0 atom stereocenters. The second kappa shape index (κ2) is 6.92. The van der Waals surface area contributed by atoms with Crippen molar-refractivity contribution in [2.45, 2.75) is 19.9 Å². The van der Waals surface area contributed by atoms with Crippen LogP contribution in [-0.2, 0) is 11.3 Å². The molecule has 0 aliphatic carbocycles. The van der Waals surface area contributed by atoms with Crippen molar-refractivity contribution in [2.24, 2.45) is 0 Å². The molecule has 0 unspecified atom stereocenters. The molecule has 0 aliphatic rings. The summed E-state index contributed by atoms with van der Waals surface area (Å²) in [5.74, 6) is 0.308. The van der Waals surface area contributed by atoms with Gasteiger partial charge in [0.05, 0.1) is 17.2 Å². The van der Waals surface area contributed by atoms with Gasteiger partial charge in [-0.1, -0.05) is 22.0 Å². The Morgan fingerprint density at radius 1 is 1.29 bits per heavy atom. The van der Waals surface area contributed by atoms with Gasteiger partial charge in [0.1, 0.15) is 5.82 Å². The van der Waals surface area contributed by atoms with Gasteiger partial charge in [-0.3, -0.25) is 14.2 Å². The molecule has 6 nitrogen and oxygen atoms in total. The fourth-order valence-corrected chi connectivity index (χ4v) is 2.69. The van der Waals surface area contributed by atoms with Crippen LogP contribution in [0.4, 0.5) is 5.82 Å². The molecule has 0 bridgehead atoms. The molecule has 122 valence electrons. The minimum absolute atomic E-state index is 0.163. The van der Waals surface area contributed by atoms with Gasteiger partial charge in [-0.05, 0) is 37.3 Å². The third-order valence-corrected chi connectivity index (χ3v) is 4.01. The van der Waals surface area contributed by atoms with Crippen LogP contribution in [0.2, 0.25) is 0 Å². The third kappa shape index (κ3) is 3.68. The second-order valence-corrected chi connectivity index (χ2v) is 6.28. The van der Waals surface area contributed by atoms with Crippen LogP contribution >= 0.6 is 15.9 Å². The number of hydrogen-bond acceptors (Lipinski definition) is 4. The smallest absolute Gasteiger partial charge is 0.261 e. The van der Waals surface area contributed by atoms with E-state index in [-0.39, 0.29) is 24.4 Å². The third-order valence-electron chi connectivity index (χ3n) is 3.52. The maximum Gasteiger partial charge on any atom is 0.261 e. The van der Waals surface area contributed by atoms with E-state index in [1.54, 1.807) is 18.2 Å². The van der Waals surface area contributed by atoms with E-state index in [2.05, 4.69) is 31.2 Å². The summed E-state index contributed by atoms with van der Waals surface area (Å²) < 4.78 is 2.26. The van der Waals surface area contributed by atoms with E-state index in [0.29, 0.717) is 16.7 Å². The van der Waals surface area contributed by atoms with Gasteiger partial charge in [0, 0.05) is 23.1 Å². The molecule has 3 rings (SSSR count). The zero-order valence-electron chi connectivity index (χ0n) is 13.0. The first kappa shape index (κ1) is 16.3. The monoisotopic (exact) mass is 386 g/mol. The topological polar surface area (TPSA) is 76.9 Å². The zero-order valence-corrected chi connectivity index (χ0v) is 14.6. The van der Waals surface area contributed by atoms with Crippen molar-refractivity contribution in [2.75, 3.05) is 5.32 Å². The normalized spacial score (nSPS) is 10.8. The highest BCUT2D eigenvalue weighted by molar-refractivity contribution is 9.10. The minimum Gasteiger partial charge on any atom is -0.311 e. The van der Waals surface area contributed by atoms with Crippen LogP contribution in [0.5, 0.6) is 0 Å². The Morgan fingerprint density at radius 3 is 2.92 bits per heavy atom. The van der Waals surface area contributed by atoms with Gasteiger partial charge in [0.25, 0.3) is 5.56 Å². The highest BCUT2D eigenvalue weighted by Crippen LogP contribution is 2.14. The van der Waals surface area contributed by atoms with Crippen LogP contribution in [0.3, 0.4) is 0 Å². The van der Waals surface area contributed by atoms with Gasteiger partial charge in [-0.25, -0.2) is 9.97 Å². The maximum absolute atomic E-state index is 12.5. The highest BCUT2D eigenvalue weighted by atomic mass is 79.9. The number of amides is 1. The van der Waals surface area contributed by atoms with Crippen LogP contribution in [0.15, 0.2) is 52.0 Å². The summed E-state index contributed by atoms with van der Waals surface area (Å²) >= 11 is 3.35. The molecular weight excluding hydrogens is 372 g/mol. The Labute approximate surface area is 146 Å². The lowest BCUT2D eigenvalue weighted by molar-refractivity contribution is -0.116. The Balaban J connectivity index is 1.72. The second-order valence-electron chi connectivity index (χ2n) is 5.37. The molecule has 0 spiro atoms. The fourth-order valence-electron chi connectivity index (χ4n) is 2.33. The predicted molar refractivity (Wildman–Crippen MR) is 95.9 cm³/mol. The van der Waals surface area contributed by atoms with Crippen LogP contribution < -0.4 is 10.9 Å². The Kier molecular flexibility index (Phi) is 4.71. The molecule has 0 radical (unpaired) electrons. The van der Waals surface area contributed by atoms with Crippen LogP contribution in [0, 0.1) is 6.92 Å². The molecule has 2 heterocycles. The molecular formula is C17H15BrN4O2. The first-order chi connectivity index (χ1) is 11.5. The van der Waals surface area contributed by atoms with E-state index in [0.717, 1.165) is 10.2 Å². The first-order valence-electron chi connectivity index (χ1n) is 7.41. The van der Waals surface area contributed by atoms with E-state index >= 15 is 0 Å². The van der Waals surface area contributed by atoms with Gasteiger partial charge in [0.15, 0.2) is 0 Å². The number of nitrogens with one attached hydrogen (secondary N) is 1. The van der Waals surface area contributed by atoms with E-state index in [1.807, 2.05) is 25.1 Å². The van der Waals surface area contributed by atoms with Gasteiger partial charge in [-0.15, -0.1) is 0 Å². The molecule has 24 heavy (non-hydrogen) atoms. The maximum atomic E-state index is 12.5. The Morgan fingerprint density at radius 2 is 2.12 bits per heavy atom. The number of fused-ring (bicyclic) bond motifs is 1. The Bertz CT molecular complexity index is 968. The van der Waals surface area contributed by atoms with Gasteiger partial charge < -0.3 is 5.32 Å². The summed E-state index contributed by atoms with van der Waals surface area (Å²) in [5.41, 5.74) is 1.30. The highest BCUT2D eigenvalue weighted by Gasteiger charge is 2.08. The molecule has 0 saturated carbocycles. The van der Waals surface area contributed by atoms with E-state index < -0.39 is 0 Å². The number of aromatic nitrogens is 3. The molecule has 1 N–H and O–H groups in total. The summed E-state index contributed by atoms with van der Waals surface area (Å²) in [5, 5.41) is 3.25. The Hall–Kier alpha value is -2.54. The number of carbonyl (C=O) groups excluding carboxylic acids is 1. The number of hydrogen-bond donors (Lipinski definition) is 1. The first-order valence-corrected chi connectivity index (χ1v) is 8.20. The quantitative estimate of drug-likeness (QED) is 0.747. The van der Waals surface area contributed by atoms with Crippen LogP contribution in [-0.4, -0.2) is 20.4 Å². The summed E-state index contributed by atoms with van der Waals surface area (Å²) in [4.78, 5) is 33.0. The molecule has 7 heteroatoms. The van der Waals surface area contributed by atoms with Crippen LogP contribution in [0.25, 0.3) is 10.9 Å². The summed E-state index contributed by atoms with van der Waals surface area (Å²) in [7, 11) is 0. The molecule has 0 saturated heterocycles. The van der Waals surface area contributed by atoms with Gasteiger partial charge in [0.2, 0.25) is 5.91 Å². The number of carbonyl (C=O) groups is 1. The van der Waals surface area contributed by atoms with Crippen molar-refractivity contribution in [3.8, 4) is 0 Å². The van der Waals surface area contributed by atoms with Crippen molar-refractivity contribution in [1.82, 2.24) is 14.5 Å². The lowest BCUT2D eigenvalue weighted by atomic mass is 10.2. The molecule has 0 aliphatic heterocycles. The molecule has 0 fully saturated rings. The largest absolute Gasteiger partial charge is 0.311 e. The fraction of sp³-hybridized carbons (Fsp3) is 0.176. The predicted octanol–water partition coefficient (Wildman–Crippen LogP) is 2.89. The number of pyridine rings is 1. The zero-order chi connectivity index (χ0) is 17.1. The minimum atomic E-state index is -0.200. The molecule has 1 amide bonds. The summed E-state index contributed by atoms with van der Waals surface area (Å²) in [6.45, 7) is 2.11. The SMILES string of the molecule is Cc1cccc(NC(=O)CCn2cnc3ccc(Br)cc3c2=O)n1. The molecule has 2 aromatic heterocycles. The van der Waals surface area contributed by atoms with Crippen molar-refractivity contribution in [3.63, 3.8) is 0 Å². The number of anilines is 1. The number of rotatable bonds is 4. The van der Waals surface area contributed by atoms with E-state index in [9.17, 15) is 9.59 Å². The average molecular weight is 387 g/mol. The van der Waals surface area contributed by atoms with Gasteiger partial charge in [-0.2, -0.15) is 0 Å². The van der Waals surface area contributed by atoms with Crippen molar-refractivity contribution < 1.29 is 4.79 Å². The van der Waals surface area contributed by atoms with Crippen molar-refractivity contribution in [3.05, 3.63) is 63.2 Å². The van der Waals surface area contributed by atoms with E-state index in [1.165, 1.54) is 10.9 Å². The van der Waals surface area contributed by atoms with Crippen molar-refractivity contribution >= 4 is 38.6 Å². The van der Waals surface area contributed by atoms with Gasteiger partial charge >= 0.3 is 0 Å². The number of nitrogens with zero attached hydrogens (tertiary/aromatic N) is 3. The summed E-state index contributed by atoms with van der Waals surface area (Å²) in [6.07, 6.45) is 1.63. The average Bonchev–Trinajstić information content (AvgIpc) is 2.55. The lowest BCUT2D eigenvalue weighted by Crippen LogP contribution is -2.23. The summed E-state index contributed by atoms with van der Waals surface area (Å²) in [6, 6.07) is 10.8. The van der Waals surface area contributed by atoms with Crippen LogP contribution in [0.1, 0.15) is 12.1 Å². The molecule has 3 aromatic rings. The number of halogens is 1. The van der Waals surface area contributed by atoms with Crippen molar-refractivity contribution in [1.29, 1.82) is 0 Å². The standard InChI is InChI=1S/C17H15BrN4O2/c1-11-3-2-4-15(20-11)21-16(23)7-8-22-10-19-14-6-5-12(18)9-13(14)17(22)24/h2-6,9-10H,7-8H2,1H3,(H,20,21,23). The lowest BCUT2D eigenvalue weighted by Gasteiger charge is -2.08. The number of benzene rings is 1. The van der Waals surface area contributed by atoms with E-state index in [4.69, 9.17) is 0 Å². The molecule has 1 aromatic carbocycles.